The summed E-state index contributed by atoms with van der Waals surface area (Å²) in [7, 11) is 0. The van der Waals surface area contributed by atoms with Crippen molar-refractivity contribution in [1.82, 2.24) is 14.8 Å². The summed E-state index contributed by atoms with van der Waals surface area (Å²) in [6.07, 6.45) is 2.14. The molecule has 1 heterocycles. The van der Waals surface area contributed by atoms with Crippen molar-refractivity contribution in [1.29, 1.82) is 0 Å². The lowest BCUT2D eigenvalue weighted by Crippen LogP contribution is -2.18. The Morgan fingerprint density at radius 2 is 2.14 bits per heavy atom. The van der Waals surface area contributed by atoms with Gasteiger partial charge in [0.1, 0.15) is 18.7 Å². The van der Waals surface area contributed by atoms with Crippen LogP contribution in [0.1, 0.15) is 25.2 Å². The van der Waals surface area contributed by atoms with Crippen LogP contribution in [0.4, 0.5) is 0 Å². The first-order valence-corrected chi connectivity index (χ1v) is 7.49. The summed E-state index contributed by atoms with van der Waals surface area (Å²) in [6.45, 7) is 4.95. The first-order valence-electron chi connectivity index (χ1n) is 6.74. The molecular formula is C14H18Cl2N4O. The molecule has 114 valence electrons. The number of halogens is 2. The fourth-order valence-corrected chi connectivity index (χ4v) is 2.66. The minimum absolute atomic E-state index is 0.0128. The van der Waals surface area contributed by atoms with Gasteiger partial charge in [0.25, 0.3) is 0 Å². The fourth-order valence-electron chi connectivity index (χ4n) is 2.07. The van der Waals surface area contributed by atoms with Crippen LogP contribution >= 0.6 is 23.2 Å². The van der Waals surface area contributed by atoms with Gasteiger partial charge in [-0.25, -0.2) is 9.67 Å². The summed E-state index contributed by atoms with van der Waals surface area (Å²) in [5.41, 5.74) is 6.76. The van der Waals surface area contributed by atoms with E-state index < -0.39 is 0 Å². The van der Waals surface area contributed by atoms with Crippen molar-refractivity contribution in [3.05, 3.63) is 39.9 Å². The second-order valence-corrected chi connectivity index (χ2v) is 5.68. The zero-order valence-electron chi connectivity index (χ0n) is 12.0. The van der Waals surface area contributed by atoms with E-state index in [1.54, 1.807) is 10.7 Å². The lowest BCUT2D eigenvalue weighted by atomic mass is 10.1. The Bertz CT molecular complexity index is 613. The van der Waals surface area contributed by atoms with Crippen LogP contribution in [0, 0.1) is 0 Å². The van der Waals surface area contributed by atoms with Crippen LogP contribution in [0.2, 0.25) is 10.0 Å². The molecule has 21 heavy (non-hydrogen) atoms. The normalized spacial score (nSPS) is 12.4. The van der Waals surface area contributed by atoms with E-state index in [1.807, 2.05) is 19.9 Å². The van der Waals surface area contributed by atoms with Crippen molar-refractivity contribution < 1.29 is 4.74 Å². The third-order valence-electron chi connectivity index (χ3n) is 2.97. The van der Waals surface area contributed by atoms with Gasteiger partial charge in [-0.05, 0) is 38.0 Å². The predicted molar refractivity (Wildman–Crippen MR) is 83.8 cm³/mol. The van der Waals surface area contributed by atoms with E-state index in [1.165, 1.54) is 6.33 Å². The molecule has 2 rings (SSSR count). The van der Waals surface area contributed by atoms with Crippen LogP contribution in [-0.2, 0) is 19.6 Å². The van der Waals surface area contributed by atoms with E-state index in [2.05, 4.69) is 10.1 Å². The van der Waals surface area contributed by atoms with Gasteiger partial charge in [-0.3, -0.25) is 0 Å². The summed E-state index contributed by atoms with van der Waals surface area (Å²) in [5.74, 6) is 1.35. The first kappa shape index (κ1) is 16.1. The number of aromatic nitrogens is 3. The van der Waals surface area contributed by atoms with Crippen molar-refractivity contribution in [2.75, 3.05) is 0 Å². The Morgan fingerprint density at radius 3 is 2.81 bits per heavy atom. The number of hydrogen-bond acceptors (Lipinski definition) is 4. The molecule has 0 aliphatic rings. The van der Waals surface area contributed by atoms with Gasteiger partial charge in [0.15, 0.2) is 5.82 Å². The van der Waals surface area contributed by atoms with E-state index in [0.717, 1.165) is 17.9 Å². The highest BCUT2D eigenvalue weighted by molar-refractivity contribution is 6.35. The molecule has 7 heteroatoms. The average Bonchev–Trinajstić information content (AvgIpc) is 2.84. The van der Waals surface area contributed by atoms with Gasteiger partial charge in [0.2, 0.25) is 0 Å². The Morgan fingerprint density at radius 1 is 1.38 bits per heavy atom. The number of rotatable bonds is 6. The van der Waals surface area contributed by atoms with Gasteiger partial charge in [-0.1, -0.05) is 23.2 Å². The fraction of sp³-hybridized carbons (Fsp3) is 0.429. The molecule has 1 aromatic heterocycles. The zero-order valence-corrected chi connectivity index (χ0v) is 13.5. The summed E-state index contributed by atoms with van der Waals surface area (Å²) in [6, 6.07) is 3.48. The maximum Gasteiger partial charge on any atom is 0.164 e. The molecular weight excluding hydrogens is 311 g/mol. The highest BCUT2D eigenvalue weighted by Gasteiger charge is 2.14. The molecule has 2 aromatic rings. The Labute approximate surface area is 134 Å². The molecule has 1 unspecified atom stereocenters. The van der Waals surface area contributed by atoms with E-state index in [0.29, 0.717) is 28.8 Å². The SMILES string of the molecule is CCn1ncnc1COc1c(Cl)cc(Cl)cc1CC(C)N. The molecule has 0 aliphatic heterocycles. The van der Waals surface area contributed by atoms with E-state index in [9.17, 15) is 0 Å². The van der Waals surface area contributed by atoms with Crippen molar-refractivity contribution in [3.63, 3.8) is 0 Å². The number of aryl methyl sites for hydroxylation is 1. The summed E-state index contributed by atoms with van der Waals surface area (Å²) in [4.78, 5) is 4.17. The molecule has 0 fully saturated rings. The number of benzene rings is 1. The standard InChI is InChI=1S/C14H18Cl2N4O/c1-3-20-13(18-8-19-20)7-21-14-10(4-9(2)17)5-11(15)6-12(14)16/h5-6,8-9H,3-4,7,17H2,1-2H3. The molecule has 2 N–H and O–H groups in total. The topological polar surface area (TPSA) is 66.0 Å². The Hall–Kier alpha value is -1.30. The van der Waals surface area contributed by atoms with E-state index in [-0.39, 0.29) is 6.04 Å². The van der Waals surface area contributed by atoms with Crippen LogP contribution in [-0.4, -0.2) is 20.8 Å². The van der Waals surface area contributed by atoms with Gasteiger partial charge in [-0.15, -0.1) is 0 Å². The Kier molecular flexibility index (Phi) is 5.45. The number of nitrogens with two attached hydrogens (primary N) is 1. The van der Waals surface area contributed by atoms with Crippen LogP contribution in [0.5, 0.6) is 5.75 Å². The molecule has 0 saturated carbocycles. The molecule has 0 bridgehead atoms. The largest absolute Gasteiger partial charge is 0.484 e. The molecule has 5 nitrogen and oxygen atoms in total. The van der Waals surface area contributed by atoms with Gasteiger partial charge in [0.05, 0.1) is 5.02 Å². The average molecular weight is 329 g/mol. The molecule has 0 amide bonds. The zero-order chi connectivity index (χ0) is 15.4. The lowest BCUT2D eigenvalue weighted by molar-refractivity contribution is 0.284. The summed E-state index contributed by atoms with van der Waals surface area (Å²) < 4.78 is 7.61. The van der Waals surface area contributed by atoms with Crippen molar-refractivity contribution in [2.45, 2.75) is 39.5 Å². The van der Waals surface area contributed by atoms with Crippen molar-refractivity contribution in [3.8, 4) is 5.75 Å². The van der Waals surface area contributed by atoms with Crippen LogP contribution in [0.15, 0.2) is 18.5 Å². The summed E-state index contributed by atoms with van der Waals surface area (Å²) >= 11 is 12.3. The van der Waals surface area contributed by atoms with Crippen LogP contribution < -0.4 is 10.5 Å². The first-order chi connectivity index (χ1) is 10.0. The molecule has 1 atom stereocenters. The van der Waals surface area contributed by atoms with Gasteiger partial charge in [0, 0.05) is 17.6 Å². The smallest absolute Gasteiger partial charge is 0.164 e. The minimum Gasteiger partial charge on any atom is -0.484 e. The lowest BCUT2D eigenvalue weighted by Gasteiger charge is -2.15. The maximum atomic E-state index is 6.24. The van der Waals surface area contributed by atoms with Crippen molar-refractivity contribution >= 4 is 23.2 Å². The molecule has 0 aliphatic carbocycles. The number of nitrogens with zero attached hydrogens (tertiary/aromatic N) is 3. The Balaban J connectivity index is 2.22. The predicted octanol–water partition coefficient (Wildman–Crippen LogP) is 3.07. The van der Waals surface area contributed by atoms with Gasteiger partial charge >= 0.3 is 0 Å². The molecule has 0 spiro atoms. The number of hydrogen-bond donors (Lipinski definition) is 1. The van der Waals surface area contributed by atoms with E-state index in [4.69, 9.17) is 33.7 Å². The molecule has 0 saturated heterocycles. The highest BCUT2D eigenvalue weighted by atomic mass is 35.5. The van der Waals surface area contributed by atoms with Crippen molar-refractivity contribution in [2.24, 2.45) is 5.73 Å². The van der Waals surface area contributed by atoms with E-state index >= 15 is 0 Å². The van der Waals surface area contributed by atoms with Gasteiger partial charge in [-0.2, -0.15) is 5.10 Å². The quantitative estimate of drug-likeness (QED) is 0.884. The molecule has 1 aromatic carbocycles. The monoisotopic (exact) mass is 328 g/mol. The van der Waals surface area contributed by atoms with Gasteiger partial charge < -0.3 is 10.5 Å². The maximum absolute atomic E-state index is 6.24. The minimum atomic E-state index is -0.0128. The second-order valence-electron chi connectivity index (χ2n) is 4.84. The molecule has 0 radical (unpaired) electrons. The summed E-state index contributed by atoms with van der Waals surface area (Å²) in [5, 5.41) is 5.15. The third kappa shape index (κ3) is 4.09. The third-order valence-corrected chi connectivity index (χ3v) is 3.47. The highest BCUT2D eigenvalue weighted by Crippen LogP contribution is 2.33. The van der Waals surface area contributed by atoms with Crippen LogP contribution in [0.3, 0.4) is 0 Å². The number of ether oxygens (including phenoxy) is 1. The van der Waals surface area contributed by atoms with Crippen LogP contribution in [0.25, 0.3) is 0 Å². The second kappa shape index (κ2) is 7.11.